The maximum atomic E-state index is 13.4. The molecule has 3 aromatic rings. The summed E-state index contributed by atoms with van der Waals surface area (Å²) in [7, 11) is 1.49. The molecule has 1 saturated heterocycles. The Kier molecular flexibility index (Phi) is 7.40. The predicted molar refractivity (Wildman–Crippen MR) is 141 cm³/mol. The lowest BCUT2D eigenvalue weighted by Gasteiger charge is -2.21. The fourth-order valence-corrected chi connectivity index (χ4v) is 4.78. The molecule has 11 nitrogen and oxygen atoms in total. The first-order valence-electron chi connectivity index (χ1n) is 12.8. The predicted octanol–water partition coefficient (Wildman–Crippen LogP) is 1.93. The summed E-state index contributed by atoms with van der Waals surface area (Å²) in [6.07, 6.45) is 1.10. The summed E-state index contributed by atoms with van der Waals surface area (Å²) in [6, 6.07) is 11.6. The Hall–Kier alpha value is -4.54. The third kappa shape index (κ3) is 5.52. The highest BCUT2D eigenvalue weighted by Gasteiger charge is 2.39. The van der Waals surface area contributed by atoms with E-state index in [0.29, 0.717) is 35.7 Å². The van der Waals surface area contributed by atoms with Crippen molar-refractivity contribution in [1.82, 2.24) is 25.3 Å². The van der Waals surface area contributed by atoms with E-state index in [1.54, 1.807) is 27.9 Å². The molecule has 2 atom stereocenters. The fourth-order valence-electron chi connectivity index (χ4n) is 4.78. The molecule has 3 amide bonds. The average Bonchev–Trinajstić information content (AvgIpc) is 3.52. The number of carbonyl (C=O) groups excluding carboxylic acids is 3. The Morgan fingerprint density at radius 3 is 2.67 bits per heavy atom. The molecule has 1 fully saturated rings. The van der Waals surface area contributed by atoms with Gasteiger partial charge in [0.05, 0.1) is 31.5 Å². The number of likely N-dealkylation sites (tertiary alicyclic amines) is 1. The molecule has 0 spiro atoms. The SMILES string of the molecule is CCn1ncc(C(=O)N2C[C@@H]3NC(=O)c4ccc(OC)c(c4)OCC(=O)NCc4ccc(cc4)O[C@H]3C2)c1C. The summed E-state index contributed by atoms with van der Waals surface area (Å²) in [5, 5.41) is 10.1. The highest BCUT2D eigenvalue weighted by molar-refractivity contribution is 5.96. The van der Waals surface area contributed by atoms with Crippen LogP contribution in [0.25, 0.3) is 0 Å². The number of benzene rings is 2. The van der Waals surface area contributed by atoms with Crippen molar-refractivity contribution in [1.29, 1.82) is 0 Å². The molecule has 2 aromatic carbocycles. The van der Waals surface area contributed by atoms with Gasteiger partial charge >= 0.3 is 0 Å². The Labute approximate surface area is 226 Å². The molecule has 2 N–H and O–H groups in total. The van der Waals surface area contributed by atoms with Crippen molar-refractivity contribution in [3.05, 3.63) is 71.0 Å². The van der Waals surface area contributed by atoms with Crippen LogP contribution in [0.15, 0.2) is 48.7 Å². The molecule has 1 aromatic heterocycles. The van der Waals surface area contributed by atoms with Crippen LogP contribution in [0.4, 0.5) is 0 Å². The third-order valence-electron chi connectivity index (χ3n) is 6.99. The molecular formula is C28H31N5O6. The Balaban J connectivity index is 1.45. The summed E-state index contributed by atoms with van der Waals surface area (Å²) < 4.78 is 19.1. The topological polar surface area (TPSA) is 124 Å². The zero-order chi connectivity index (χ0) is 27.5. The minimum atomic E-state index is -0.491. The first kappa shape index (κ1) is 26.1. The van der Waals surface area contributed by atoms with Crippen molar-refractivity contribution in [3.63, 3.8) is 0 Å². The number of carbonyl (C=O) groups is 3. The van der Waals surface area contributed by atoms with E-state index in [2.05, 4.69) is 15.7 Å². The lowest BCUT2D eigenvalue weighted by atomic mass is 10.1. The van der Waals surface area contributed by atoms with E-state index >= 15 is 0 Å². The zero-order valence-corrected chi connectivity index (χ0v) is 22.1. The number of fused-ring (bicyclic) bond motifs is 7. The number of aromatic nitrogens is 2. The van der Waals surface area contributed by atoms with Crippen LogP contribution in [0.5, 0.6) is 17.2 Å². The molecule has 0 radical (unpaired) electrons. The highest BCUT2D eigenvalue weighted by Crippen LogP contribution is 2.29. The molecule has 0 saturated carbocycles. The minimum absolute atomic E-state index is 0.161. The van der Waals surface area contributed by atoms with Gasteiger partial charge in [-0.2, -0.15) is 5.10 Å². The normalized spacial score (nSPS) is 19.3. The van der Waals surface area contributed by atoms with Gasteiger partial charge in [-0.05, 0) is 49.7 Å². The van der Waals surface area contributed by atoms with Gasteiger partial charge in [0, 0.05) is 30.9 Å². The summed E-state index contributed by atoms with van der Waals surface area (Å²) >= 11 is 0. The third-order valence-corrected chi connectivity index (χ3v) is 6.99. The van der Waals surface area contributed by atoms with Crippen LogP contribution >= 0.6 is 0 Å². The van der Waals surface area contributed by atoms with Gasteiger partial charge in [-0.1, -0.05) is 12.1 Å². The first-order chi connectivity index (χ1) is 18.9. The Morgan fingerprint density at radius 1 is 1.15 bits per heavy atom. The van der Waals surface area contributed by atoms with Gasteiger partial charge in [0.15, 0.2) is 18.1 Å². The molecular weight excluding hydrogens is 502 g/mol. The second-order valence-corrected chi connectivity index (χ2v) is 9.48. The number of ether oxygens (including phenoxy) is 3. The number of rotatable bonds is 3. The smallest absolute Gasteiger partial charge is 0.258 e. The standard InChI is InChI=1S/C28H31N5O6/c1-4-33-17(2)21(13-30-33)28(36)32-14-22-25(15-32)39-20-8-5-18(6-9-20)12-29-26(34)16-38-24-11-19(27(35)31-22)7-10-23(24)37-3/h5-11,13,22,25H,4,12,14-16H2,1-3H3,(H,29,34)(H,31,35)/t22-,25-/m0/s1. The lowest BCUT2D eigenvalue weighted by molar-refractivity contribution is -0.123. The molecule has 0 aliphatic carbocycles. The quantitative estimate of drug-likeness (QED) is 0.527. The zero-order valence-electron chi connectivity index (χ0n) is 22.1. The van der Waals surface area contributed by atoms with Crippen molar-refractivity contribution < 1.29 is 28.6 Å². The minimum Gasteiger partial charge on any atom is -0.493 e. The number of hydrogen-bond donors (Lipinski definition) is 2. The number of nitrogens with one attached hydrogen (secondary N) is 2. The van der Waals surface area contributed by atoms with Crippen molar-refractivity contribution in [2.75, 3.05) is 26.8 Å². The van der Waals surface area contributed by atoms with Gasteiger partial charge in [0.25, 0.3) is 17.7 Å². The molecule has 4 bridgehead atoms. The van der Waals surface area contributed by atoms with Crippen LogP contribution < -0.4 is 24.8 Å². The van der Waals surface area contributed by atoms with E-state index in [0.717, 1.165) is 11.3 Å². The Morgan fingerprint density at radius 2 is 1.95 bits per heavy atom. The van der Waals surface area contributed by atoms with E-state index in [1.807, 2.05) is 38.1 Å². The first-order valence-corrected chi connectivity index (χ1v) is 12.8. The van der Waals surface area contributed by atoms with Crippen molar-refractivity contribution in [2.45, 2.75) is 39.1 Å². The van der Waals surface area contributed by atoms with Crippen LogP contribution in [0.2, 0.25) is 0 Å². The molecule has 39 heavy (non-hydrogen) atoms. The maximum Gasteiger partial charge on any atom is 0.258 e. The molecule has 3 aliphatic rings. The van der Waals surface area contributed by atoms with E-state index in [4.69, 9.17) is 14.2 Å². The second kappa shape index (κ2) is 11.1. The van der Waals surface area contributed by atoms with Crippen LogP contribution in [-0.2, 0) is 17.9 Å². The highest BCUT2D eigenvalue weighted by atomic mass is 16.5. The van der Waals surface area contributed by atoms with E-state index in [9.17, 15) is 14.4 Å². The van der Waals surface area contributed by atoms with Crippen molar-refractivity contribution >= 4 is 17.7 Å². The van der Waals surface area contributed by atoms with E-state index < -0.39 is 12.1 Å². The van der Waals surface area contributed by atoms with Gasteiger partial charge in [0.2, 0.25) is 0 Å². The summed E-state index contributed by atoms with van der Waals surface area (Å²) in [5.41, 5.74) is 2.53. The van der Waals surface area contributed by atoms with Crippen LogP contribution in [0.1, 0.15) is 38.9 Å². The number of methoxy groups -OCH3 is 1. The largest absolute Gasteiger partial charge is 0.493 e. The molecule has 6 rings (SSSR count). The lowest BCUT2D eigenvalue weighted by Crippen LogP contribution is -2.45. The van der Waals surface area contributed by atoms with E-state index in [-0.39, 0.29) is 43.2 Å². The van der Waals surface area contributed by atoms with Gasteiger partial charge < -0.3 is 29.7 Å². The summed E-state index contributed by atoms with van der Waals surface area (Å²) in [6.45, 7) is 5.14. The fraction of sp³-hybridized carbons (Fsp3) is 0.357. The molecule has 0 unspecified atom stereocenters. The molecule has 204 valence electrons. The maximum absolute atomic E-state index is 13.4. The monoisotopic (exact) mass is 533 g/mol. The number of amides is 3. The molecule has 3 aliphatic heterocycles. The number of aryl methyl sites for hydroxylation is 1. The summed E-state index contributed by atoms with van der Waals surface area (Å²) in [4.78, 5) is 40.8. The number of nitrogens with zero attached hydrogens (tertiary/aromatic N) is 3. The van der Waals surface area contributed by atoms with Gasteiger partial charge in [0.1, 0.15) is 11.9 Å². The van der Waals surface area contributed by atoms with Crippen molar-refractivity contribution in [2.24, 2.45) is 0 Å². The van der Waals surface area contributed by atoms with Crippen molar-refractivity contribution in [3.8, 4) is 17.2 Å². The second-order valence-electron chi connectivity index (χ2n) is 9.48. The summed E-state index contributed by atoms with van der Waals surface area (Å²) in [5.74, 6) is 0.427. The van der Waals surface area contributed by atoms with Crippen LogP contribution in [-0.4, -0.2) is 71.4 Å². The van der Waals surface area contributed by atoms with Crippen LogP contribution in [0.3, 0.4) is 0 Å². The van der Waals surface area contributed by atoms with Crippen LogP contribution in [0, 0.1) is 6.92 Å². The average molecular weight is 534 g/mol. The molecule has 4 heterocycles. The van der Waals surface area contributed by atoms with Gasteiger partial charge in [-0.25, -0.2) is 0 Å². The van der Waals surface area contributed by atoms with E-state index in [1.165, 1.54) is 13.2 Å². The molecule has 11 heteroatoms. The van der Waals surface area contributed by atoms with Gasteiger partial charge in [-0.15, -0.1) is 0 Å². The van der Waals surface area contributed by atoms with Gasteiger partial charge in [-0.3, -0.25) is 19.1 Å². The Bertz CT molecular complexity index is 1390. The number of hydrogen-bond acceptors (Lipinski definition) is 7.